The number of aromatic nitrogens is 2. The molecule has 0 atom stereocenters. The molecule has 0 spiro atoms. The summed E-state index contributed by atoms with van der Waals surface area (Å²) in [5.41, 5.74) is 0.404. The van der Waals surface area contributed by atoms with Crippen LogP contribution in [-0.4, -0.2) is 51.4 Å². The van der Waals surface area contributed by atoms with Gasteiger partial charge in [-0.3, -0.25) is 9.69 Å². The van der Waals surface area contributed by atoms with Gasteiger partial charge >= 0.3 is 6.09 Å². The van der Waals surface area contributed by atoms with Crippen LogP contribution in [0.3, 0.4) is 0 Å². The van der Waals surface area contributed by atoms with Crippen molar-refractivity contribution in [2.75, 3.05) is 18.0 Å². The van der Waals surface area contributed by atoms with Crippen LogP contribution in [0.5, 0.6) is 0 Å². The molecule has 1 aliphatic heterocycles. The Balaban J connectivity index is 1.55. The molecule has 0 radical (unpaired) electrons. The van der Waals surface area contributed by atoms with E-state index < -0.39 is 5.60 Å². The molecule has 3 heterocycles. The van der Waals surface area contributed by atoms with Crippen LogP contribution < -0.4 is 4.90 Å². The van der Waals surface area contributed by atoms with Crippen molar-refractivity contribution in [2.24, 2.45) is 0 Å². The number of hydrogen-bond donors (Lipinski definition) is 0. The second-order valence-corrected chi connectivity index (χ2v) is 9.75. The molecule has 3 aromatic rings. The Bertz CT molecular complexity index is 1050. The molecule has 168 valence electrons. The SMILES string of the molecule is CC(C)(C)OC(=O)N1CCC(N(C(=O)c2cccs2)c2ccn(-c3ccccc3)n2)CC1. The van der Waals surface area contributed by atoms with Gasteiger partial charge in [-0.15, -0.1) is 16.4 Å². The molecule has 0 unspecified atom stereocenters. The quantitative estimate of drug-likeness (QED) is 0.560. The van der Waals surface area contributed by atoms with E-state index in [1.54, 1.807) is 14.5 Å². The molecule has 32 heavy (non-hydrogen) atoms. The van der Waals surface area contributed by atoms with Gasteiger partial charge in [0, 0.05) is 31.4 Å². The zero-order chi connectivity index (χ0) is 22.7. The molecule has 1 fully saturated rings. The van der Waals surface area contributed by atoms with Crippen molar-refractivity contribution in [3.63, 3.8) is 0 Å². The number of likely N-dealkylation sites (tertiary alicyclic amines) is 1. The van der Waals surface area contributed by atoms with Crippen LogP contribution in [0.2, 0.25) is 0 Å². The summed E-state index contributed by atoms with van der Waals surface area (Å²) in [4.78, 5) is 30.1. The molecule has 4 rings (SSSR count). The molecule has 7 nitrogen and oxygen atoms in total. The first-order valence-electron chi connectivity index (χ1n) is 10.8. The Hall–Kier alpha value is -3.13. The first-order chi connectivity index (χ1) is 15.3. The molecule has 0 bridgehead atoms. The maximum atomic E-state index is 13.4. The van der Waals surface area contributed by atoms with Crippen molar-refractivity contribution in [1.29, 1.82) is 0 Å². The highest BCUT2D eigenvalue weighted by Crippen LogP contribution is 2.27. The lowest BCUT2D eigenvalue weighted by atomic mass is 10.0. The van der Waals surface area contributed by atoms with E-state index in [4.69, 9.17) is 9.84 Å². The van der Waals surface area contributed by atoms with E-state index in [1.807, 2.05) is 80.9 Å². The lowest BCUT2D eigenvalue weighted by Gasteiger charge is -2.37. The minimum atomic E-state index is -0.528. The van der Waals surface area contributed by atoms with Crippen molar-refractivity contribution in [1.82, 2.24) is 14.7 Å². The Morgan fingerprint density at radius 2 is 1.78 bits per heavy atom. The molecule has 2 aromatic heterocycles. The van der Waals surface area contributed by atoms with Crippen LogP contribution in [0.4, 0.5) is 10.6 Å². The van der Waals surface area contributed by atoms with Crippen LogP contribution in [-0.2, 0) is 4.74 Å². The number of anilines is 1. The van der Waals surface area contributed by atoms with E-state index in [-0.39, 0.29) is 18.0 Å². The molecule has 0 aliphatic carbocycles. The monoisotopic (exact) mass is 452 g/mol. The van der Waals surface area contributed by atoms with Crippen molar-refractivity contribution in [3.8, 4) is 5.69 Å². The predicted octanol–water partition coefficient (Wildman–Crippen LogP) is 4.98. The fourth-order valence-corrected chi connectivity index (χ4v) is 4.44. The lowest BCUT2D eigenvalue weighted by molar-refractivity contribution is 0.0205. The van der Waals surface area contributed by atoms with Gasteiger partial charge in [-0.05, 0) is 57.2 Å². The van der Waals surface area contributed by atoms with Crippen LogP contribution in [0, 0.1) is 0 Å². The maximum absolute atomic E-state index is 13.4. The van der Waals surface area contributed by atoms with Gasteiger partial charge in [0.1, 0.15) is 5.60 Å². The molecule has 1 saturated heterocycles. The van der Waals surface area contributed by atoms with Crippen molar-refractivity contribution in [3.05, 3.63) is 65.0 Å². The van der Waals surface area contributed by atoms with Gasteiger partial charge in [-0.25, -0.2) is 9.48 Å². The van der Waals surface area contributed by atoms with Crippen LogP contribution in [0.15, 0.2) is 60.1 Å². The number of thiophene rings is 1. The number of piperidine rings is 1. The zero-order valence-electron chi connectivity index (χ0n) is 18.6. The summed E-state index contributed by atoms with van der Waals surface area (Å²) in [6, 6.07) is 15.4. The molecule has 8 heteroatoms. The summed E-state index contributed by atoms with van der Waals surface area (Å²) in [5.74, 6) is 0.553. The summed E-state index contributed by atoms with van der Waals surface area (Å²) >= 11 is 1.42. The third-order valence-electron chi connectivity index (χ3n) is 5.27. The minimum Gasteiger partial charge on any atom is -0.444 e. The van der Waals surface area contributed by atoms with Gasteiger partial charge in [-0.2, -0.15) is 0 Å². The molecule has 0 N–H and O–H groups in total. The lowest BCUT2D eigenvalue weighted by Crippen LogP contribution is -2.50. The highest BCUT2D eigenvalue weighted by Gasteiger charge is 2.34. The van der Waals surface area contributed by atoms with E-state index in [1.165, 1.54) is 11.3 Å². The topological polar surface area (TPSA) is 67.7 Å². The normalized spacial score (nSPS) is 14.9. The van der Waals surface area contributed by atoms with Gasteiger partial charge in [-0.1, -0.05) is 24.3 Å². The van der Waals surface area contributed by atoms with E-state index in [0.717, 1.165) is 5.69 Å². The third kappa shape index (κ3) is 5.02. The molecule has 1 aliphatic rings. The van der Waals surface area contributed by atoms with Crippen LogP contribution in [0.25, 0.3) is 5.69 Å². The number of benzene rings is 1. The van der Waals surface area contributed by atoms with Gasteiger partial charge in [0.15, 0.2) is 5.82 Å². The largest absolute Gasteiger partial charge is 0.444 e. The van der Waals surface area contributed by atoms with E-state index >= 15 is 0 Å². The number of ether oxygens (including phenoxy) is 1. The Morgan fingerprint density at radius 1 is 1.06 bits per heavy atom. The highest BCUT2D eigenvalue weighted by molar-refractivity contribution is 7.12. The van der Waals surface area contributed by atoms with E-state index in [0.29, 0.717) is 36.6 Å². The number of amides is 2. The van der Waals surface area contributed by atoms with Crippen LogP contribution in [0.1, 0.15) is 43.3 Å². The third-order valence-corrected chi connectivity index (χ3v) is 6.13. The first kappa shape index (κ1) is 22.1. The Morgan fingerprint density at radius 3 is 2.41 bits per heavy atom. The summed E-state index contributed by atoms with van der Waals surface area (Å²) in [7, 11) is 0. The van der Waals surface area contributed by atoms with E-state index in [9.17, 15) is 9.59 Å². The minimum absolute atomic E-state index is 0.0533. The molecule has 1 aromatic carbocycles. The van der Waals surface area contributed by atoms with Gasteiger partial charge in [0.25, 0.3) is 5.91 Å². The number of carbonyl (C=O) groups excluding carboxylic acids is 2. The fraction of sp³-hybridized carbons (Fsp3) is 0.375. The van der Waals surface area contributed by atoms with Gasteiger partial charge in [0.05, 0.1) is 10.6 Å². The zero-order valence-corrected chi connectivity index (χ0v) is 19.4. The highest BCUT2D eigenvalue weighted by atomic mass is 32.1. The predicted molar refractivity (Wildman–Crippen MR) is 126 cm³/mol. The summed E-state index contributed by atoms with van der Waals surface area (Å²) in [5, 5.41) is 6.61. The molecular formula is C24H28N4O3S. The Labute approximate surface area is 192 Å². The van der Waals surface area contributed by atoms with Crippen LogP contribution >= 0.6 is 11.3 Å². The van der Waals surface area contributed by atoms with Crippen molar-refractivity contribution < 1.29 is 14.3 Å². The second-order valence-electron chi connectivity index (χ2n) is 8.81. The van der Waals surface area contributed by atoms with Crippen molar-refractivity contribution >= 4 is 29.2 Å². The Kier molecular flexibility index (Phi) is 6.32. The summed E-state index contributed by atoms with van der Waals surface area (Å²) in [6.45, 7) is 6.66. The number of rotatable bonds is 4. The molecular weight excluding hydrogens is 424 g/mol. The average Bonchev–Trinajstić information content (AvgIpc) is 3.46. The van der Waals surface area contributed by atoms with Gasteiger partial charge < -0.3 is 9.64 Å². The standard InChI is InChI=1S/C24H28N4O3S/c1-24(2,3)31-23(30)26-14-11-19(12-15-26)28(22(29)20-10-7-17-32-20)21-13-16-27(25-21)18-8-5-4-6-9-18/h4-10,13,16-17,19H,11-12,14-15H2,1-3H3. The fourth-order valence-electron chi connectivity index (χ4n) is 3.78. The van der Waals surface area contributed by atoms with Crippen molar-refractivity contribution in [2.45, 2.75) is 45.3 Å². The molecule has 0 saturated carbocycles. The number of nitrogens with zero attached hydrogens (tertiary/aromatic N) is 4. The summed E-state index contributed by atoms with van der Waals surface area (Å²) < 4.78 is 7.29. The molecule has 2 amide bonds. The summed E-state index contributed by atoms with van der Waals surface area (Å²) in [6.07, 6.45) is 2.89. The van der Waals surface area contributed by atoms with Gasteiger partial charge in [0.2, 0.25) is 0 Å². The smallest absolute Gasteiger partial charge is 0.410 e. The number of para-hydroxylation sites is 1. The average molecular weight is 453 g/mol. The van der Waals surface area contributed by atoms with E-state index in [2.05, 4.69) is 0 Å². The number of carbonyl (C=O) groups is 2. The number of hydrogen-bond acceptors (Lipinski definition) is 5. The maximum Gasteiger partial charge on any atom is 0.410 e. The second kappa shape index (κ2) is 9.16. The first-order valence-corrected chi connectivity index (χ1v) is 11.7.